The van der Waals surface area contributed by atoms with Crippen molar-refractivity contribution in [1.29, 1.82) is 0 Å². The Kier molecular flexibility index (Phi) is 7.77. The van der Waals surface area contributed by atoms with Gasteiger partial charge in [0.1, 0.15) is 5.75 Å². The molecule has 1 N–H and O–H groups in total. The third-order valence-corrected chi connectivity index (χ3v) is 3.59. The van der Waals surface area contributed by atoms with Gasteiger partial charge in [0.25, 0.3) is 0 Å². The van der Waals surface area contributed by atoms with Gasteiger partial charge in [-0.05, 0) is 38.5 Å². The van der Waals surface area contributed by atoms with Crippen LogP contribution in [0.3, 0.4) is 0 Å². The Labute approximate surface area is 133 Å². The van der Waals surface area contributed by atoms with Crippen LogP contribution in [0.15, 0.2) is 22.7 Å². The smallest absolute Gasteiger partial charge is 0.317 e. The van der Waals surface area contributed by atoms with E-state index in [9.17, 15) is 4.79 Å². The number of urea groups is 1. The Morgan fingerprint density at radius 1 is 1.40 bits per heavy atom. The molecule has 0 spiro atoms. The first-order chi connectivity index (χ1) is 9.58. The number of carbonyl (C=O) groups excluding carboxylic acids is 1. The molecular formula is C14H20BrClN2O2. The summed E-state index contributed by atoms with van der Waals surface area (Å²) < 4.78 is 6.49. The third-order valence-electron chi connectivity index (χ3n) is 2.80. The summed E-state index contributed by atoms with van der Waals surface area (Å²) in [6.45, 7) is 6.45. The Hall–Kier alpha value is -0.940. The summed E-state index contributed by atoms with van der Waals surface area (Å²) in [6.07, 6.45) is 0.736. The number of hydrogen-bond acceptors (Lipinski definition) is 2. The first-order valence-corrected chi connectivity index (χ1v) is 7.86. The Bertz CT molecular complexity index is 439. The maximum absolute atomic E-state index is 11.7. The molecule has 112 valence electrons. The van der Waals surface area contributed by atoms with Crippen LogP contribution in [0.2, 0.25) is 5.02 Å². The predicted molar refractivity (Wildman–Crippen MR) is 85.6 cm³/mol. The van der Waals surface area contributed by atoms with Gasteiger partial charge >= 0.3 is 6.03 Å². The van der Waals surface area contributed by atoms with Gasteiger partial charge in [-0.1, -0.05) is 27.5 Å². The second-order valence-corrected chi connectivity index (χ2v) is 5.50. The molecule has 0 radical (unpaired) electrons. The van der Waals surface area contributed by atoms with E-state index in [1.165, 1.54) is 0 Å². The molecule has 0 aliphatic heterocycles. The highest BCUT2D eigenvalue weighted by Crippen LogP contribution is 2.27. The van der Waals surface area contributed by atoms with Gasteiger partial charge in [-0.15, -0.1) is 0 Å². The van der Waals surface area contributed by atoms with Gasteiger partial charge in [0.2, 0.25) is 0 Å². The predicted octanol–water partition coefficient (Wildman–Crippen LogP) is 3.92. The highest BCUT2D eigenvalue weighted by molar-refractivity contribution is 9.10. The zero-order chi connectivity index (χ0) is 15.0. The van der Waals surface area contributed by atoms with Crippen molar-refractivity contribution in [1.82, 2.24) is 10.2 Å². The fraction of sp³-hybridized carbons (Fsp3) is 0.500. The number of nitrogens with zero attached hydrogens (tertiary/aromatic N) is 1. The lowest BCUT2D eigenvalue weighted by atomic mass is 10.3. The molecule has 2 amide bonds. The maximum atomic E-state index is 11.7. The van der Waals surface area contributed by atoms with Crippen LogP contribution in [0.25, 0.3) is 0 Å². The molecule has 0 unspecified atom stereocenters. The van der Waals surface area contributed by atoms with Crippen molar-refractivity contribution in [2.24, 2.45) is 0 Å². The zero-order valence-electron chi connectivity index (χ0n) is 11.8. The monoisotopic (exact) mass is 362 g/mol. The number of halogens is 2. The van der Waals surface area contributed by atoms with Gasteiger partial charge < -0.3 is 15.0 Å². The van der Waals surface area contributed by atoms with E-state index < -0.39 is 0 Å². The molecule has 1 rings (SSSR count). The lowest BCUT2D eigenvalue weighted by molar-refractivity contribution is 0.202. The lowest BCUT2D eigenvalue weighted by Crippen LogP contribution is -2.40. The summed E-state index contributed by atoms with van der Waals surface area (Å²) in [4.78, 5) is 13.4. The number of carbonyl (C=O) groups is 1. The topological polar surface area (TPSA) is 41.6 Å². The minimum Gasteiger partial charge on any atom is -0.492 e. The van der Waals surface area contributed by atoms with Crippen LogP contribution >= 0.6 is 27.5 Å². The van der Waals surface area contributed by atoms with E-state index in [0.717, 1.165) is 10.9 Å². The largest absolute Gasteiger partial charge is 0.492 e. The van der Waals surface area contributed by atoms with E-state index in [4.69, 9.17) is 16.3 Å². The van der Waals surface area contributed by atoms with E-state index in [1.54, 1.807) is 11.0 Å². The maximum Gasteiger partial charge on any atom is 0.317 e. The molecule has 1 aromatic carbocycles. The number of benzene rings is 1. The zero-order valence-corrected chi connectivity index (χ0v) is 14.1. The highest BCUT2D eigenvalue weighted by atomic mass is 79.9. The molecule has 0 aliphatic rings. The molecular weight excluding hydrogens is 344 g/mol. The van der Waals surface area contributed by atoms with Gasteiger partial charge in [0.05, 0.1) is 11.6 Å². The molecule has 0 heterocycles. The van der Waals surface area contributed by atoms with Crippen molar-refractivity contribution >= 4 is 33.6 Å². The normalized spacial score (nSPS) is 10.2. The second-order valence-electron chi connectivity index (χ2n) is 4.18. The second kappa shape index (κ2) is 9.08. The number of ether oxygens (including phenoxy) is 1. The quantitative estimate of drug-likeness (QED) is 0.746. The summed E-state index contributed by atoms with van der Waals surface area (Å²) >= 11 is 9.38. The first kappa shape index (κ1) is 17.1. The van der Waals surface area contributed by atoms with Crippen LogP contribution in [0.4, 0.5) is 4.79 Å². The van der Waals surface area contributed by atoms with Crippen molar-refractivity contribution in [3.8, 4) is 5.75 Å². The lowest BCUT2D eigenvalue weighted by Gasteiger charge is -2.19. The molecule has 0 saturated carbocycles. The molecule has 0 saturated heterocycles. The minimum absolute atomic E-state index is 0.0309. The molecule has 20 heavy (non-hydrogen) atoms. The van der Waals surface area contributed by atoms with E-state index in [2.05, 4.69) is 21.2 Å². The molecule has 1 aromatic rings. The Morgan fingerprint density at radius 2 is 2.10 bits per heavy atom. The van der Waals surface area contributed by atoms with Crippen LogP contribution in [0.1, 0.15) is 20.3 Å². The van der Waals surface area contributed by atoms with E-state index in [-0.39, 0.29) is 6.03 Å². The summed E-state index contributed by atoms with van der Waals surface area (Å²) in [6, 6.07) is 5.46. The summed E-state index contributed by atoms with van der Waals surface area (Å²) in [5.41, 5.74) is 0. The van der Waals surface area contributed by atoms with Gasteiger partial charge in [0, 0.05) is 24.1 Å². The molecule has 0 fully saturated rings. The fourth-order valence-corrected chi connectivity index (χ4v) is 2.39. The fourth-order valence-electron chi connectivity index (χ4n) is 1.66. The van der Waals surface area contributed by atoms with Crippen molar-refractivity contribution in [2.75, 3.05) is 26.2 Å². The number of rotatable bonds is 7. The van der Waals surface area contributed by atoms with E-state index in [1.807, 2.05) is 26.0 Å². The van der Waals surface area contributed by atoms with Crippen molar-refractivity contribution in [3.05, 3.63) is 27.7 Å². The number of amides is 2. The van der Waals surface area contributed by atoms with Crippen molar-refractivity contribution < 1.29 is 9.53 Å². The average molecular weight is 364 g/mol. The first-order valence-electron chi connectivity index (χ1n) is 6.69. The van der Waals surface area contributed by atoms with Gasteiger partial charge in [-0.25, -0.2) is 4.79 Å². The van der Waals surface area contributed by atoms with Crippen LogP contribution in [-0.2, 0) is 0 Å². The van der Waals surface area contributed by atoms with Crippen LogP contribution in [0.5, 0.6) is 5.75 Å². The standard InChI is InChI=1S/C14H20BrClN2O2/c1-3-18(4-2)14(19)17-8-5-9-20-13-7-6-11(15)10-12(13)16/h6-7,10H,3-5,8-9H2,1-2H3,(H,17,19). The van der Waals surface area contributed by atoms with Gasteiger partial charge in [-0.3, -0.25) is 0 Å². The Balaban J connectivity index is 2.23. The minimum atomic E-state index is -0.0309. The van der Waals surface area contributed by atoms with Gasteiger partial charge in [-0.2, -0.15) is 0 Å². The Morgan fingerprint density at radius 3 is 2.70 bits per heavy atom. The van der Waals surface area contributed by atoms with Gasteiger partial charge in [0.15, 0.2) is 0 Å². The summed E-state index contributed by atoms with van der Waals surface area (Å²) in [5, 5.41) is 3.44. The molecule has 6 heteroatoms. The number of nitrogens with one attached hydrogen (secondary N) is 1. The van der Waals surface area contributed by atoms with Crippen LogP contribution in [0, 0.1) is 0 Å². The van der Waals surface area contributed by atoms with Crippen molar-refractivity contribution in [2.45, 2.75) is 20.3 Å². The molecule has 0 atom stereocenters. The SMILES string of the molecule is CCN(CC)C(=O)NCCCOc1ccc(Br)cc1Cl. The summed E-state index contributed by atoms with van der Waals surface area (Å²) in [5.74, 6) is 0.657. The average Bonchev–Trinajstić information content (AvgIpc) is 2.42. The van der Waals surface area contributed by atoms with Crippen molar-refractivity contribution in [3.63, 3.8) is 0 Å². The van der Waals surface area contributed by atoms with Crippen LogP contribution in [-0.4, -0.2) is 37.2 Å². The van der Waals surface area contributed by atoms with E-state index >= 15 is 0 Å². The van der Waals surface area contributed by atoms with E-state index in [0.29, 0.717) is 37.0 Å². The molecule has 0 aromatic heterocycles. The molecule has 0 aliphatic carbocycles. The molecule has 4 nitrogen and oxygen atoms in total. The number of hydrogen-bond donors (Lipinski definition) is 1. The molecule has 0 bridgehead atoms. The highest BCUT2D eigenvalue weighted by Gasteiger charge is 2.07. The van der Waals surface area contributed by atoms with Crippen LogP contribution < -0.4 is 10.1 Å². The summed E-state index contributed by atoms with van der Waals surface area (Å²) in [7, 11) is 0. The third kappa shape index (κ3) is 5.59.